The van der Waals surface area contributed by atoms with Crippen molar-refractivity contribution in [1.82, 2.24) is 4.31 Å². The molecule has 34 heavy (non-hydrogen) atoms. The highest BCUT2D eigenvalue weighted by atomic mass is 32.2. The maximum Gasteiger partial charge on any atom is 0.270 e. The number of benzene rings is 3. The molecule has 3 aromatic rings. The fourth-order valence-electron chi connectivity index (χ4n) is 3.57. The van der Waals surface area contributed by atoms with Crippen LogP contribution in [0.1, 0.15) is 11.7 Å². The smallest absolute Gasteiger partial charge is 0.270 e. The first kappa shape index (κ1) is 23.7. The molecule has 8 nitrogen and oxygen atoms in total. The molecule has 1 aliphatic heterocycles. The first-order valence-electron chi connectivity index (χ1n) is 10.8. The summed E-state index contributed by atoms with van der Waals surface area (Å²) in [6.45, 7) is 1.39. The average molecular weight is 483 g/mol. The first-order valence-corrected chi connectivity index (χ1v) is 12.3. The summed E-state index contributed by atoms with van der Waals surface area (Å²) in [5.74, 6) is 0.618. The minimum absolute atomic E-state index is 0.166. The lowest BCUT2D eigenvalue weighted by Crippen LogP contribution is -2.40. The van der Waals surface area contributed by atoms with E-state index in [1.165, 1.54) is 16.4 Å². The Morgan fingerprint density at radius 1 is 0.941 bits per heavy atom. The van der Waals surface area contributed by atoms with E-state index in [0.29, 0.717) is 49.1 Å². The number of anilines is 1. The van der Waals surface area contributed by atoms with Gasteiger partial charge in [-0.3, -0.25) is 4.79 Å². The highest BCUT2D eigenvalue weighted by Gasteiger charge is 2.27. The monoisotopic (exact) mass is 482 g/mol. The van der Waals surface area contributed by atoms with Crippen LogP contribution in [0.2, 0.25) is 0 Å². The van der Waals surface area contributed by atoms with E-state index >= 15 is 0 Å². The molecule has 0 saturated carbocycles. The zero-order valence-electron chi connectivity index (χ0n) is 18.7. The van der Waals surface area contributed by atoms with E-state index in [1.807, 2.05) is 18.2 Å². The number of methoxy groups -OCH3 is 1. The first-order chi connectivity index (χ1) is 16.5. The van der Waals surface area contributed by atoms with Crippen molar-refractivity contribution in [1.29, 1.82) is 0 Å². The molecule has 1 saturated heterocycles. The number of amides is 1. The summed E-state index contributed by atoms with van der Waals surface area (Å²) in [4.78, 5) is 13.3. The van der Waals surface area contributed by atoms with Crippen molar-refractivity contribution < 1.29 is 27.4 Å². The third kappa shape index (κ3) is 5.56. The molecule has 1 N–H and O–H groups in total. The molecule has 3 aromatic carbocycles. The van der Waals surface area contributed by atoms with E-state index < -0.39 is 16.1 Å². The van der Waals surface area contributed by atoms with Crippen LogP contribution in [0.25, 0.3) is 0 Å². The highest BCUT2D eigenvalue weighted by molar-refractivity contribution is 7.89. The number of carbonyl (C=O) groups excluding carboxylic acids is 1. The Kier molecular flexibility index (Phi) is 7.46. The van der Waals surface area contributed by atoms with Crippen molar-refractivity contribution in [3.8, 4) is 11.5 Å². The summed E-state index contributed by atoms with van der Waals surface area (Å²) in [5.41, 5.74) is 1.23. The van der Waals surface area contributed by atoms with Crippen LogP contribution >= 0.6 is 0 Å². The van der Waals surface area contributed by atoms with Crippen LogP contribution in [-0.2, 0) is 19.6 Å². The lowest BCUT2D eigenvalue weighted by atomic mass is 10.1. The molecule has 1 heterocycles. The predicted molar refractivity (Wildman–Crippen MR) is 127 cm³/mol. The van der Waals surface area contributed by atoms with E-state index in [2.05, 4.69) is 5.32 Å². The number of hydrogen-bond acceptors (Lipinski definition) is 6. The van der Waals surface area contributed by atoms with Gasteiger partial charge in [-0.25, -0.2) is 8.42 Å². The summed E-state index contributed by atoms with van der Waals surface area (Å²) in [6.07, 6.45) is -0.950. The number of nitrogens with zero attached hydrogens (tertiary/aromatic N) is 1. The van der Waals surface area contributed by atoms with Gasteiger partial charge in [-0.1, -0.05) is 36.4 Å². The fraction of sp³-hybridized carbons (Fsp3) is 0.240. The number of carbonyl (C=O) groups is 1. The molecule has 1 atom stereocenters. The number of sulfonamides is 1. The maximum atomic E-state index is 13.2. The Balaban J connectivity index is 1.54. The molecule has 0 aliphatic carbocycles. The molecule has 0 unspecified atom stereocenters. The topological polar surface area (TPSA) is 94.2 Å². The van der Waals surface area contributed by atoms with Crippen LogP contribution in [0.4, 0.5) is 5.69 Å². The standard InChI is InChI=1S/C25H26N2O6S/c1-31-22-9-5-8-20(18-22)26-25(28)24(19-6-3-2-4-7-19)33-21-10-12-23(13-11-21)34(29,30)27-14-16-32-17-15-27/h2-13,18,24H,14-17H2,1H3,(H,26,28)/t24-/m0/s1. The highest BCUT2D eigenvalue weighted by Crippen LogP contribution is 2.27. The second-order valence-electron chi connectivity index (χ2n) is 7.62. The summed E-state index contributed by atoms with van der Waals surface area (Å²) in [7, 11) is -2.06. The molecule has 0 aromatic heterocycles. The zero-order valence-corrected chi connectivity index (χ0v) is 19.5. The third-order valence-corrected chi connectivity index (χ3v) is 7.28. The third-order valence-electron chi connectivity index (χ3n) is 5.36. The fourth-order valence-corrected chi connectivity index (χ4v) is 4.98. The van der Waals surface area contributed by atoms with Crippen LogP contribution in [0.15, 0.2) is 83.8 Å². The van der Waals surface area contributed by atoms with Gasteiger partial charge >= 0.3 is 0 Å². The van der Waals surface area contributed by atoms with Gasteiger partial charge in [0, 0.05) is 30.4 Å². The average Bonchev–Trinajstić information content (AvgIpc) is 2.88. The maximum absolute atomic E-state index is 13.2. The van der Waals surface area contributed by atoms with Crippen LogP contribution < -0.4 is 14.8 Å². The van der Waals surface area contributed by atoms with Gasteiger partial charge in [-0.15, -0.1) is 0 Å². The normalized spacial score (nSPS) is 15.3. The van der Waals surface area contributed by atoms with Gasteiger partial charge < -0.3 is 19.5 Å². The Labute approximate surface area is 199 Å². The molecule has 0 spiro atoms. The van der Waals surface area contributed by atoms with E-state index in [9.17, 15) is 13.2 Å². The van der Waals surface area contributed by atoms with Crippen molar-refractivity contribution in [2.24, 2.45) is 0 Å². The van der Waals surface area contributed by atoms with Crippen molar-refractivity contribution in [3.63, 3.8) is 0 Å². The summed E-state index contributed by atoms with van der Waals surface area (Å²) >= 11 is 0. The van der Waals surface area contributed by atoms with E-state index in [0.717, 1.165) is 0 Å². The minimum atomic E-state index is -3.62. The van der Waals surface area contributed by atoms with Gasteiger partial charge in [0.05, 0.1) is 25.2 Å². The predicted octanol–water partition coefficient (Wildman–Crippen LogP) is 3.47. The Hall–Kier alpha value is -3.40. The number of morpholine rings is 1. The van der Waals surface area contributed by atoms with Gasteiger partial charge in [-0.05, 0) is 36.4 Å². The van der Waals surface area contributed by atoms with Gasteiger partial charge in [0.1, 0.15) is 11.5 Å². The quantitative estimate of drug-likeness (QED) is 0.528. The van der Waals surface area contributed by atoms with Crippen LogP contribution in [-0.4, -0.2) is 52.0 Å². The molecular formula is C25H26N2O6S. The van der Waals surface area contributed by atoms with Crippen LogP contribution in [0.3, 0.4) is 0 Å². The zero-order chi connectivity index (χ0) is 24.0. The molecule has 1 aliphatic rings. The lowest BCUT2D eigenvalue weighted by Gasteiger charge is -2.26. The van der Waals surface area contributed by atoms with Gasteiger partial charge in [0.2, 0.25) is 16.1 Å². The molecule has 0 radical (unpaired) electrons. The van der Waals surface area contributed by atoms with Crippen molar-refractivity contribution in [3.05, 3.63) is 84.4 Å². The molecule has 1 fully saturated rings. The molecule has 0 bridgehead atoms. The summed E-state index contributed by atoms with van der Waals surface area (Å²) in [6, 6.07) is 22.2. The molecule has 4 rings (SSSR count). The Morgan fingerprint density at radius 3 is 2.32 bits per heavy atom. The molecule has 178 valence electrons. The van der Waals surface area contributed by atoms with Crippen molar-refractivity contribution in [2.45, 2.75) is 11.0 Å². The largest absolute Gasteiger partial charge is 0.497 e. The Morgan fingerprint density at radius 2 is 1.65 bits per heavy atom. The van der Waals surface area contributed by atoms with Crippen LogP contribution in [0.5, 0.6) is 11.5 Å². The number of nitrogens with one attached hydrogen (secondary N) is 1. The summed E-state index contributed by atoms with van der Waals surface area (Å²) in [5, 5.41) is 2.86. The van der Waals surface area contributed by atoms with E-state index in [1.54, 1.807) is 55.6 Å². The van der Waals surface area contributed by atoms with Crippen molar-refractivity contribution >= 4 is 21.6 Å². The van der Waals surface area contributed by atoms with Gasteiger partial charge in [0.25, 0.3) is 5.91 Å². The molecule has 9 heteroatoms. The van der Waals surface area contributed by atoms with Crippen molar-refractivity contribution in [2.75, 3.05) is 38.7 Å². The molecule has 1 amide bonds. The second kappa shape index (κ2) is 10.7. The van der Waals surface area contributed by atoms with E-state index in [-0.39, 0.29) is 10.8 Å². The van der Waals surface area contributed by atoms with E-state index in [4.69, 9.17) is 14.2 Å². The summed E-state index contributed by atoms with van der Waals surface area (Å²) < 4.78 is 43.6. The van der Waals surface area contributed by atoms with Crippen LogP contribution in [0, 0.1) is 0 Å². The Bertz CT molecular complexity index is 1210. The number of rotatable bonds is 8. The number of ether oxygens (including phenoxy) is 3. The lowest BCUT2D eigenvalue weighted by molar-refractivity contribution is -0.123. The van der Waals surface area contributed by atoms with Gasteiger partial charge in [0.15, 0.2) is 0 Å². The van der Waals surface area contributed by atoms with Gasteiger partial charge in [-0.2, -0.15) is 4.31 Å². The minimum Gasteiger partial charge on any atom is -0.497 e. The number of hydrogen-bond donors (Lipinski definition) is 1. The molecular weight excluding hydrogens is 456 g/mol. The second-order valence-corrected chi connectivity index (χ2v) is 9.56. The SMILES string of the molecule is COc1cccc(NC(=O)[C@@H](Oc2ccc(S(=O)(=O)N3CCOCC3)cc2)c2ccccc2)c1.